The molecule has 0 spiro atoms. The van der Waals surface area contributed by atoms with Crippen molar-refractivity contribution in [3.05, 3.63) is 63.1 Å². The van der Waals surface area contributed by atoms with E-state index < -0.39 is 28.9 Å². The smallest absolute Gasteiger partial charge is 0.356 e. The number of rotatable bonds is 7. The van der Waals surface area contributed by atoms with Crippen molar-refractivity contribution in [2.45, 2.75) is 27.7 Å². The molecule has 0 unspecified atom stereocenters. The van der Waals surface area contributed by atoms with Crippen LogP contribution < -0.4 is 5.43 Å². The normalized spacial score (nSPS) is 10.3. The summed E-state index contributed by atoms with van der Waals surface area (Å²) in [5.74, 6) is -2.81. The van der Waals surface area contributed by atoms with Gasteiger partial charge in [-0.2, -0.15) is 0 Å². The van der Waals surface area contributed by atoms with Crippen molar-refractivity contribution in [1.29, 1.82) is 0 Å². The number of carbonyl (C=O) groups excluding carboxylic acids is 3. The number of ether oxygens (including phenoxy) is 3. The van der Waals surface area contributed by atoms with E-state index in [1.165, 1.54) is 10.8 Å². The average Bonchev–Trinajstić information content (AvgIpc) is 2.68. The van der Waals surface area contributed by atoms with Gasteiger partial charge in [0.05, 0.1) is 19.8 Å². The number of aryl methyl sites for hydroxylation is 1. The molecule has 0 saturated heterocycles. The molecule has 0 atom stereocenters. The first-order chi connectivity index (χ1) is 13.8. The summed E-state index contributed by atoms with van der Waals surface area (Å²) >= 11 is 0. The monoisotopic (exact) mass is 401 g/mol. The van der Waals surface area contributed by atoms with Crippen LogP contribution in [0.2, 0.25) is 0 Å². The third-order valence-corrected chi connectivity index (χ3v) is 3.96. The maximum Gasteiger partial charge on any atom is 0.356 e. The largest absolute Gasteiger partial charge is 0.462 e. The third-order valence-electron chi connectivity index (χ3n) is 3.96. The Morgan fingerprint density at radius 1 is 0.828 bits per heavy atom. The van der Waals surface area contributed by atoms with Gasteiger partial charge in [0.2, 0.25) is 5.43 Å². The van der Waals surface area contributed by atoms with Gasteiger partial charge in [0.15, 0.2) is 5.69 Å². The van der Waals surface area contributed by atoms with Crippen LogP contribution in [0, 0.1) is 6.92 Å². The SMILES string of the molecule is CCOC(=O)c1cn(-c2ccc(C)cc2)c(C(=O)OCC)c(C(=O)OCC)c1=O. The second-order valence-corrected chi connectivity index (χ2v) is 5.96. The van der Waals surface area contributed by atoms with E-state index >= 15 is 0 Å². The van der Waals surface area contributed by atoms with Crippen LogP contribution in [0.1, 0.15) is 57.5 Å². The summed E-state index contributed by atoms with van der Waals surface area (Å²) in [5, 5.41) is 0. The maximum absolute atomic E-state index is 12.9. The topological polar surface area (TPSA) is 101 Å². The van der Waals surface area contributed by atoms with Crippen molar-refractivity contribution < 1.29 is 28.6 Å². The van der Waals surface area contributed by atoms with Crippen molar-refractivity contribution in [3.8, 4) is 5.69 Å². The molecule has 8 nitrogen and oxygen atoms in total. The van der Waals surface area contributed by atoms with E-state index in [0.717, 1.165) is 5.56 Å². The van der Waals surface area contributed by atoms with E-state index in [-0.39, 0.29) is 31.1 Å². The zero-order valence-electron chi connectivity index (χ0n) is 16.8. The zero-order valence-corrected chi connectivity index (χ0v) is 16.8. The molecule has 0 saturated carbocycles. The Labute approximate surface area is 168 Å². The number of hydrogen-bond acceptors (Lipinski definition) is 7. The molecule has 2 rings (SSSR count). The first-order valence-corrected chi connectivity index (χ1v) is 9.23. The highest BCUT2D eigenvalue weighted by Crippen LogP contribution is 2.18. The molecule has 0 aliphatic carbocycles. The van der Waals surface area contributed by atoms with E-state index in [0.29, 0.717) is 5.69 Å². The van der Waals surface area contributed by atoms with Crippen LogP contribution >= 0.6 is 0 Å². The molecule has 0 aliphatic heterocycles. The van der Waals surface area contributed by atoms with Gasteiger partial charge in [0.1, 0.15) is 11.1 Å². The number of carbonyl (C=O) groups is 3. The minimum atomic E-state index is -1.02. The highest BCUT2D eigenvalue weighted by molar-refractivity contribution is 6.04. The maximum atomic E-state index is 12.9. The van der Waals surface area contributed by atoms with Crippen molar-refractivity contribution in [2.75, 3.05) is 19.8 Å². The number of nitrogens with zero attached hydrogens (tertiary/aromatic N) is 1. The molecule has 0 aliphatic rings. The minimum Gasteiger partial charge on any atom is -0.462 e. The first kappa shape index (κ1) is 21.9. The summed E-state index contributed by atoms with van der Waals surface area (Å²) in [6.07, 6.45) is 1.18. The van der Waals surface area contributed by atoms with Crippen molar-refractivity contribution in [3.63, 3.8) is 0 Å². The van der Waals surface area contributed by atoms with Crippen molar-refractivity contribution in [1.82, 2.24) is 4.57 Å². The molecule has 0 amide bonds. The molecule has 1 heterocycles. The fraction of sp³-hybridized carbons (Fsp3) is 0.333. The summed E-state index contributed by atoms with van der Waals surface area (Å²) in [5.41, 5.74) is -0.807. The number of benzene rings is 1. The summed E-state index contributed by atoms with van der Waals surface area (Å²) in [7, 11) is 0. The Hall–Kier alpha value is -3.42. The zero-order chi connectivity index (χ0) is 21.6. The number of hydrogen-bond donors (Lipinski definition) is 0. The van der Waals surface area contributed by atoms with Gasteiger partial charge in [-0.3, -0.25) is 4.79 Å². The second kappa shape index (κ2) is 9.68. The molecule has 29 heavy (non-hydrogen) atoms. The third kappa shape index (κ3) is 4.71. The highest BCUT2D eigenvalue weighted by atomic mass is 16.5. The molecule has 154 valence electrons. The molecular formula is C21H23NO7. The summed E-state index contributed by atoms with van der Waals surface area (Å²) in [6.45, 7) is 6.69. The van der Waals surface area contributed by atoms with Gasteiger partial charge in [-0.05, 0) is 39.8 Å². The fourth-order valence-electron chi connectivity index (χ4n) is 2.67. The Morgan fingerprint density at radius 2 is 1.34 bits per heavy atom. The molecule has 1 aromatic heterocycles. The summed E-state index contributed by atoms with van der Waals surface area (Å²) in [6, 6.07) is 6.95. The van der Waals surface area contributed by atoms with E-state index in [2.05, 4.69) is 0 Å². The van der Waals surface area contributed by atoms with Crippen LogP contribution in [0.3, 0.4) is 0 Å². The van der Waals surface area contributed by atoms with Crippen molar-refractivity contribution >= 4 is 17.9 Å². The van der Waals surface area contributed by atoms with E-state index in [1.807, 2.05) is 6.92 Å². The quantitative estimate of drug-likeness (QED) is 0.519. The lowest BCUT2D eigenvalue weighted by molar-refractivity contribution is 0.0465. The molecule has 0 radical (unpaired) electrons. The number of aromatic nitrogens is 1. The van der Waals surface area contributed by atoms with Gasteiger partial charge in [-0.25, -0.2) is 14.4 Å². The van der Waals surface area contributed by atoms with Crippen LogP contribution in [0.4, 0.5) is 0 Å². The van der Waals surface area contributed by atoms with Crippen LogP contribution in [-0.2, 0) is 14.2 Å². The van der Waals surface area contributed by atoms with E-state index in [4.69, 9.17) is 14.2 Å². The van der Waals surface area contributed by atoms with Crippen LogP contribution in [0.15, 0.2) is 35.3 Å². The van der Waals surface area contributed by atoms with Gasteiger partial charge >= 0.3 is 17.9 Å². The number of esters is 3. The van der Waals surface area contributed by atoms with Crippen LogP contribution in [-0.4, -0.2) is 42.3 Å². The van der Waals surface area contributed by atoms with Gasteiger partial charge in [0.25, 0.3) is 0 Å². The Morgan fingerprint density at radius 3 is 1.90 bits per heavy atom. The highest BCUT2D eigenvalue weighted by Gasteiger charge is 2.31. The van der Waals surface area contributed by atoms with E-state index in [9.17, 15) is 19.2 Å². The molecule has 8 heteroatoms. The predicted molar refractivity (Wildman–Crippen MR) is 105 cm³/mol. The second-order valence-electron chi connectivity index (χ2n) is 5.96. The lowest BCUT2D eigenvalue weighted by Crippen LogP contribution is -2.32. The standard InChI is InChI=1S/C21H23NO7/c1-5-27-19(24)15-12-22(14-10-8-13(4)9-11-14)17(21(26)29-7-3)16(18(15)23)20(25)28-6-2/h8-12H,5-7H2,1-4H3. The lowest BCUT2D eigenvalue weighted by atomic mass is 10.1. The van der Waals surface area contributed by atoms with Crippen LogP contribution in [0.5, 0.6) is 0 Å². The Bertz CT molecular complexity index is 974. The molecule has 2 aromatic rings. The molecule has 0 bridgehead atoms. The van der Waals surface area contributed by atoms with Crippen LogP contribution in [0.25, 0.3) is 5.69 Å². The van der Waals surface area contributed by atoms with E-state index in [1.54, 1.807) is 45.0 Å². The fourth-order valence-corrected chi connectivity index (χ4v) is 2.67. The van der Waals surface area contributed by atoms with Gasteiger partial charge in [-0.15, -0.1) is 0 Å². The van der Waals surface area contributed by atoms with Gasteiger partial charge in [0, 0.05) is 11.9 Å². The average molecular weight is 401 g/mol. The predicted octanol–water partition coefficient (Wildman–Crippen LogP) is 2.68. The molecule has 0 N–H and O–H groups in total. The minimum absolute atomic E-state index is 0.0191. The first-order valence-electron chi connectivity index (χ1n) is 9.23. The van der Waals surface area contributed by atoms with Gasteiger partial charge < -0.3 is 18.8 Å². The Kier molecular flexibility index (Phi) is 7.30. The summed E-state index contributed by atoms with van der Waals surface area (Å²) in [4.78, 5) is 50.5. The molecule has 0 fully saturated rings. The lowest BCUT2D eigenvalue weighted by Gasteiger charge is -2.17. The Balaban J connectivity index is 2.91. The van der Waals surface area contributed by atoms with Crippen molar-refractivity contribution in [2.24, 2.45) is 0 Å². The van der Waals surface area contributed by atoms with Gasteiger partial charge in [-0.1, -0.05) is 17.7 Å². The number of pyridine rings is 1. The molecule has 1 aromatic carbocycles. The summed E-state index contributed by atoms with van der Waals surface area (Å²) < 4.78 is 16.2. The molecular weight excluding hydrogens is 378 g/mol.